The van der Waals surface area contributed by atoms with Crippen LogP contribution in [0.4, 0.5) is 0 Å². The number of carbonyl (C=O) groups excluding carboxylic acids is 2. The summed E-state index contributed by atoms with van der Waals surface area (Å²) in [4.78, 5) is 24.7. The molecule has 1 aromatic carbocycles. The Morgan fingerprint density at radius 2 is 1.68 bits per heavy atom. The van der Waals surface area contributed by atoms with E-state index in [1.807, 2.05) is 11.9 Å². The summed E-state index contributed by atoms with van der Waals surface area (Å²) < 4.78 is 0. The van der Waals surface area contributed by atoms with Crippen LogP contribution in [0.15, 0.2) is 24.3 Å². The Balaban J connectivity index is 2.46. The fourth-order valence-corrected chi connectivity index (χ4v) is 2.05. The third-order valence-electron chi connectivity index (χ3n) is 3.41. The van der Waals surface area contributed by atoms with Crippen LogP contribution in [-0.2, 0) is 21.5 Å². The molecule has 0 aromatic heterocycles. The second-order valence-corrected chi connectivity index (χ2v) is 6.57. The second-order valence-electron chi connectivity index (χ2n) is 6.57. The number of amides is 2. The number of rotatable bonds is 6. The van der Waals surface area contributed by atoms with Crippen LogP contribution in [-0.4, -0.2) is 43.9 Å². The van der Waals surface area contributed by atoms with Gasteiger partial charge in [0.25, 0.3) is 0 Å². The van der Waals surface area contributed by atoms with Gasteiger partial charge in [-0.15, -0.1) is 0 Å². The smallest absolute Gasteiger partial charge is 0.239 e. The van der Waals surface area contributed by atoms with Gasteiger partial charge in [0.1, 0.15) is 0 Å². The third kappa shape index (κ3) is 6.26. The molecule has 0 saturated heterocycles. The van der Waals surface area contributed by atoms with Crippen molar-refractivity contribution >= 4 is 11.8 Å². The zero-order valence-corrected chi connectivity index (χ0v) is 14.2. The molecule has 5 nitrogen and oxygen atoms in total. The standard InChI is InChI=1S/C17H27N3O2/c1-17(2,3)14-8-6-13(7-9-14)11-20(5)12-16(22)19-10-15(21)18-4/h6-9H,10-12H2,1-5H3,(H,18,21)(H,19,22). The minimum atomic E-state index is -0.200. The molecule has 2 amide bonds. The second kappa shape index (κ2) is 7.94. The Morgan fingerprint density at radius 1 is 1.09 bits per heavy atom. The summed E-state index contributed by atoms with van der Waals surface area (Å²) in [5.41, 5.74) is 2.60. The molecule has 0 spiro atoms. The molecule has 0 heterocycles. The number of hydrogen-bond acceptors (Lipinski definition) is 3. The molecule has 0 aliphatic carbocycles. The molecule has 22 heavy (non-hydrogen) atoms. The molecule has 0 radical (unpaired) electrons. The summed E-state index contributed by atoms with van der Waals surface area (Å²) in [7, 11) is 3.43. The van der Waals surface area contributed by atoms with Gasteiger partial charge in [-0.2, -0.15) is 0 Å². The third-order valence-corrected chi connectivity index (χ3v) is 3.41. The summed E-state index contributed by atoms with van der Waals surface area (Å²) >= 11 is 0. The molecule has 0 aliphatic rings. The van der Waals surface area contributed by atoms with E-state index in [9.17, 15) is 9.59 Å². The van der Waals surface area contributed by atoms with E-state index in [1.54, 1.807) is 7.05 Å². The van der Waals surface area contributed by atoms with E-state index in [1.165, 1.54) is 5.56 Å². The molecule has 0 unspecified atom stereocenters. The lowest BCUT2D eigenvalue weighted by Gasteiger charge is -2.20. The van der Waals surface area contributed by atoms with Crippen molar-refractivity contribution in [2.45, 2.75) is 32.7 Å². The number of nitrogens with one attached hydrogen (secondary N) is 2. The van der Waals surface area contributed by atoms with E-state index in [0.717, 1.165) is 5.56 Å². The van der Waals surface area contributed by atoms with Crippen molar-refractivity contribution in [2.24, 2.45) is 0 Å². The highest BCUT2D eigenvalue weighted by molar-refractivity contribution is 5.85. The largest absolute Gasteiger partial charge is 0.358 e. The average molecular weight is 305 g/mol. The summed E-state index contributed by atoms with van der Waals surface area (Å²) in [5, 5.41) is 5.05. The van der Waals surface area contributed by atoms with E-state index in [2.05, 4.69) is 55.7 Å². The van der Waals surface area contributed by atoms with Gasteiger partial charge in [-0.3, -0.25) is 14.5 Å². The van der Waals surface area contributed by atoms with Gasteiger partial charge >= 0.3 is 0 Å². The quantitative estimate of drug-likeness (QED) is 0.832. The maximum atomic E-state index is 11.7. The first-order valence-electron chi connectivity index (χ1n) is 7.47. The van der Waals surface area contributed by atoms with E-state index in [-0.39, 0.29) is 30.3 Å². The van der Waals surface area contributed by atoms with Crippen LogP contribution in [0.1, 0.15) is 31.9 Å². The number of carbonyl (C=O) groups is 2. The summed E-state index contributed by atoms with van der Waals surface area (Å²) in [6, 6.07) is 8.46. The highest BCUT2D eigenvalue weighted by atomic mass is 16.2. The summed E-state index contributed by atoms with van der Waals surface area (Å²) in [6.07, 6.45) is 0. The Hall–Kier alpha value is -1.88. The molecular formula is C17H27N3O2. The fourth-order valence-electron chi connectivity index (χ4n) is 2.05. The SMILES string of the molecule is CNC(=O)CNC(=O)CN(C)Cc1ccc(C(C)(C)C)cc1. The van der Waals surface area contributed by atoms with Crippen molar-refractivity contribution in [1.29, 1.82) is 0 Å². The summed E-state index contributed by atoms with van der Waals surface area (Å²) in [6.45, 7) is 7.53. The van der Waals surface area contributed by atoms with Crippen LogP contribution in [0, 0.1) is 0 Å². The number of likely N-dealkylation sites (N-methyl/N-ethyl adjacent to an activating group) is 2. The zero-order chi connectivity index (χ0) is 16.8. The van der Waals surface area contributed by atoms with E-state index < -0.39 is 0 Å². The average Bonchev–Trinajstić information content (AvgIpc) is 2.44. The molecule has 0 fully saturated rings. The van der Waals surface area contributed by atoms with E-state index in [0.29, 0.717) is 6.54 Å². The Labute approximate surface area is 133 Å². The Bertz CT molecular complexity index is 504. The molecule has 0 saturated carbocycles. The predicted octanol–water partition coefficient (Wildman–Crippen LogP) is 1.28. The van der Waals surface area contributed by atoms with Crippen LogP contribution in [0.3, 0.4) is 0 Å². The van der Waals surface area contributed by atoms with Crippen molar-refractivity contribution in [3.8, 4) is 0 Å². The van der Waals surface area contributed by atoms with Gasteiger partial charge in [-0.25, -0.2) is 0 Å². The lowest BCUT2D eigenvalue weighted by atomic mass is 9.87. The Morgan fingerprint density at radius 3 is 2.18 bits per heavy atom. The van der Waals surface area contributed by atoms with Gasteiger partial charge in [0.2, 0.25) is 11.8 Å². The van der Waals surface area contributed by atoms with Crippen molar-refractivity contribution in [2.75, 3.05) is 27.2 Å². The maximum absolute atomic E-state index is 11.7. The molecule has 0 bridgehead atoms. The molecular weight excluding hydrogens is 278 g/mol. The molecule has 122 valence electrons. The van der Waals surface area contributed by atoms with Crippen molar-refractivity contribution in [1.82, 2.24) is 15.5 Å². The highest BCUT2D eigenvalue weighted by Crippen LogP contribution is 2.22. The molecule has 2 N–H and O–H groups in total. The molecule has 1 rings (SSSR count). The van der Waals surface area contributed by atoms with Crippen molar-refractivity contribution in [3.63, 3.8) is 0 Å². The maximum Gasteiger partial charge on any atom is 0.239 e. The monoisotopic (exact) mass is 305 g/mol. The van der Waals surface area contributed by atoms with Gasteiger partial charge in [-0.05, 0) is 23.6 Å². The number of benzene rings is 1. The lowest BCUT2D eigenvalue weighted by molar-refractivity contribution is -0.126. The lowest BCUT2D eigenvalue weighted by Crippen LogP contribution is -2.40. The van der Waals surface area contributed by atoms with Gasteiger partial charge in [-0.1, -0.05) is 45.0 Å². The van der Waals surface area contributed by atoms with Gasteiger partial charge in [0.15, 0.2) is 0 Å². The van der Waals surface area contributed by atoms with Crippen LogP contribution >= 0.6 is 0 Å². The summed E-state index contributed by atoms with van der Waals surface area (Å²) in [5.74, 6) is -0.355. The minimum Gasteiger partial charge on any atom is -0.358 e. The van der Waals surface area contributed by atoms with E-state index in [4.69, 9.17) is 0 Å². The van der Waals surface area contributed by atoms with Crippen molar-refractivity contribution < 1.29 is 9.59 Å². The van der Waals surface area contributed by atoms with Crippen LogP contribution in [0.25, 0.3) is 0 Å². The molecule has 0 atom stereocenters. The number of hydrogen-bond donors (Lipinski definition) is 2. The molecule has 1 aromatic rings. The van der Waals surface area contributed by atoms with Crippen LogP contribution in [0.5, 0.6) is 0 Å². The zero-order valence-electron chi connectivity index (χ0n) is 14.2. The number of nitrogens with zero attached hydrogens (tertiary/aromatic N) is 1. The van der Waals surface area contributed by atoms with Crippen LogP contribution in [0.2, 0.25) is 0 Å². The van der Waals surface area contributed by atoms with Crippen molar-refractivity contribution in [3.05, 3.63) is 35.4 Å². The first-order valence-corrected chi connectivity index (χ1v) is 7.47. The van der Waals surface area contributed by atoms with Crippen LogP contribution < -0.4 is 10.6 Å². The van der Waals surface area contributed by atoms with Gasteiger partial charge in [0.05, 0.1) is 13.1 Å². The van der Waals surface area contributed by atoms with E-state index >= 15 is 0 Å². The Kier molecular flexibility index (Phi) is 6.56. The molecule has 5 heteroatoms. The highest BCUT2D eigenvalue weighted by Gasteiger charge is 2.13. The van der Waals surface area contributed by atoms with Gasteiger partial charge in [0, 0.05) is 13.6 Å². The van der Waals surface area contributed by atoms with Gasteiger partial charge < -0.3 is 10.6 Å². The first-order chi connectivity index (χ1) is 10.2. The normalized spacial score (nSPS) is 11.4. The first kappa shape index (κ1) is 18.2. The fraction of sp³-hybridized carbons (Fsp3) is 0.529. The predicted molar refractivity (Wildman–Crippen MR) is 88.6 cm³/mol. The molecule has 0 aliphatic heterocycles. The minimum absolute atomic E-state index is 0.0173. The topological polar surface area (TPSA) is 61.4 Å².